The Morgan fingerprint density at radius 3 is 2.22 bits per heavy atom. The summed E-state index contributed by atoms with van der Waals surface area (Å²) >= 11 is 0. The van der Waals surface area contributed by atoms with Crippen LogP contribution in [0.3, 0.4) is 0 Å². The molecular weight excluding hydrogens is 348 g/mol. The van der Waals surface area contributed by atoms with Gasteiger partial charge in [-0.05, 0) is 31.1 Å². The van der Waals surface area contributed by atoms with Crippen molar-refractivity contribution in [3.8, 4) is 0 Å². The van der Waals surface area contributed by atoms with Crippen molar-refractivity contribution in [2.45, 2.75) is 58.0 Å². The number of hydrogen-bond donors (Lipinski definition) is 0. The molecule has 0 radical (unpaired) electrons. The molecule has 7 nitrogen and oxygen atoms in total. The van der Waals surface area contributed by atoms with E-state index in [4.69, 9.17) is 9.47 Å². The Hall–Kier alpha value is -2.05. The number of carbonyl (C=O) groups excluding carboxylic acids is 3. The lowest BCUT2D eigenvalue weighted by Crippen LogP contribution is -2.55. The number of esters is 1. The Kier molecular flexibility index (Phi) is 9.32. The molecule has 0 spiro atoms. The van der Waals surface area contributed by atoms with E-state index in [9.17, 15) is 14.4 Å². The van der Waals surface area contributed by atoms with Crippen molar-refractivity contribution in [2.24, 2.45) is 11.8 Å². The van der Waals surface area contributed by atoms with Crippen LogP contribution in [0.25, 0.3) is 0 Å². The van der Waals surface area contributed by atoms with Crippen LogP contribution in [0.4, 0.5) is 4.79 Å². The van der Waals surface area contributed by atoms with Crippen LogP contribution in [0.2, 0.25) is 0 Å². The minimum atomic E-state index is -0.708. The smallest absolute Gasteiger partial charge is 0.410 e. The van der Waals surface area contributed by atoms with Gasteiger partial charge >= 0.3 is 12.1 Å². The average Bonchev–Trinajstić information content (AvgIpc) is 3.16. The Morgan fingerprint density at radius 2 is 1.74 bits per heavy atom. The quantitative estimate of drug-likeness (QED) is 0.453. The first kappa shape index (κ1) is 23.0. The van der Waals surface area contributed by atoms with E-state index in [0.717, 1.165) is 25.7 Å². The van der Waals surface area contributed by atoms with E-state index in [-0.39, 0.29) is 24.3 Å². The lowest BCUT2D eigenvalue weighted by molar-refractivity contribution is -0.156. The normalized spacial score (nSPS) is 16.5. The van der Waals surface area contributed by atoms with Gasteiger partial charge in [0.1, 0.15) is 18.7 Å². The minimum Gasteiger partial charge on any atom is -0.467 e. The number of nitrogens with zero attached hydrogens (tertiary/aromatic N) is 2. The summed E-state index contributed by atoms with van der Waals surface area (Å²) in [6.07, 6.45) is 5.24. The minimum absolute atomic E-state index is 0.0778. The molecule has 2 amide bonds. The molecule has 1 saturated carbocycles. The fraction of sp³-hybridized carbons (Fsp3) is 0.750. The van der Waals surface area contributed by atoms with E-state index in [1.165, 1.54) is 23.0 Å². The Balaban J connectivity index is 3.04. The van der Waals surface area contributed by atoms with Crippen LogP contribution in [-0.2, 0) is 19.1 Å². The maximum atomic E-state index is 13.3. The average molecular weight is 383 g/mol. The van der Waals surface area contributed by atoms with Crippen molar-refractivity contribution >= 4 is 18.0 Å². The standard InChI is InChI=1S/C20H34N2O5/c1-7-12-27-20(25)21(4)16(13-14(2)3)18(23)22(5)17(19(24)26-6)15-10-8-9-11-15/h7,14-17H,1,8-13H2,2-6H3/t16-,17+/m0/s1. The summed E-state index contributed by atoms with van der Waals surface area (Å²) in [5, 5.41) is 0. The number of likely N-dealkylation sites (N-methyl/N-ethyl adjacent to an activating group) is 2. The summed E-state index contributed by atoms with van der Waals surface area (Å²) < 4.78 is 10.0. The van der Waals surface area contributed by atoms with Gasteiger partial charge in [-0.2, -0.15) is 0 Å². The maximum absolute atomic E-state index is 13.3. The van der Waals surface area contributed by atoms with Gasteiger partial charge in [-0.1, -0.05) is 39.3 Å². The number of carbonyl (C=O) groups is 3. The van der Waals surface area contributed by atoms with Crippen molar-refractivity contribution in [3.63, 3.8) is 0 Å². The highest BCUT2D eigenvalue weighted by Crippen LogP contribution is 2.31. The predicted octanol–water partition coefficient (Wildman–Crippen LogP) is 2.85. The monoisotopic (exact) mass is 382 g/mol. The van der Waals surface area contributed by atoms with Gasteiger partial charge in [0.2, 0.25) is 5.91 Å². The van der Waals surface area contributed by atoms with Gasteiger partial charge < -0.3 is 14.4 Å². The van der Waals surface area contributed by atoms with E-state index in [2.05, 4.69) is 6.58 Å². The number of amides is 2. The molecule has 0 saturated heterocycles. The van der Waals surface area contributed by atoms with Crippen LogP contribution in [0.15, 0.2) is 12.7 Å². The van der Waals surface area contributed by atoms with Gasteiger partial charge in [0, 0.05) is 14.1 Å². The third-order valence-corrected chi connectivity index (χ3v) is 5.11. The topological polar surface area (TPSA) is 76.2 Å². The van der Waals surface area contributed by atoms with E-state index in [1.807, 2.05) is 13.8 Å². The molecule has 1 aliphatic carbocycles. The summed E-state index contributed by atoms with van der Waals surface area (Å²) in [5.74, 6) is -0.406. The third kappa shape index (κ3) is 6.26. The van der Waals surface area contributed by atoms with Crippen LogP contribution in [-0.4, -0.2) is 67.7 Å². The van der Waals surface area contributed by atoms with Crippen LogP contribution < -0.4 is 0 Å². The molecule has 0 bridgehead atoms. The molecule has 0 aliphatic heterocycles. The van der Waals surface area contributed by atoms with E-state index >= 15 is 0 Å². The predicted molar refractivity (Wildman–Crippen MR) is 103 cm³/mol. The second kappa shape index (κ2) is 10.9. The molecule has 1 aliphatic rings. The molecule has 0 unspecified atom stereocenters. The van der Waals surface area contributed by atoms with Crippen LogP contribution in [0.1, 0.15) is 46.0 Å². The second-order valence-corrected chi connectivity index (χ2v) is 7.58. The molecule has 0 aromatic carbocycles. The fourth-order valence-electron chi connectivity index (χ4n) is 3.66. The number of hydrogen-bond acceptors (Lipinski definition) is 5. The summed E-state index contributed by atoms with van der Waals surface area (Å²) in [7, 11) is 4.51. The number of ether oxygens (including phenoxy) is 2. The van der Waals surface area contributed by atoms with Crippen molar-refractivity contribution in [2.75, 3.05) is 27.8 Å². The first-order valence-electron chi connectivity index (χ1n) is 9.59. The number of methoxy groups -OCH3 is 1. The third-order valence-electron chi connectivity index (χ3n) is 5.11. The Morgan fingerprint density at radius 1 is 1.15 bits per heavy atom. The van der Waals surface area contributed by atoms with E-state index in [1.54, 1.807) is 14.1 Å². The zero-order valence-electron chi connectivity index (χ0n) is 17.3. The first-order chi connectivity index (χ1) is 12.7. The molecule has 154 valence electrons. The molecule has 27 heavy (non-hydrogen) atoms. The van der Waals surface area contributed by atoms with E-state index in [0.29, 0.717) is 6.42 Å². The Labute approximate surface area is 162 Å². The molecule has 1 fully saturated rings. The summed E-state index contributed by atoms with van der Waals surface area (Å²) in [4.78, 5) is 40.7. The zero-order chi connectivity index (χ0) is 20.6. The van der Waals surface area contributed by atoms with Crippen molar-refractivity contribution < 1.29 is 23.9 Å². The summed E-state index contributed by atoms with van der Waals surface area (Å²) in [5.41, 5.74) is 0. The zero-order valence-corrected chi connectivity index (χ0v) is 17.3. The van der Waals surface area contributed by atoms with Crippen LogP contribution in [0, 0.1) is 11.8 Å². The first-order valence-corrected chi connectivity index (χ1v) is 9.59. The molecule has 7 heteroatoms. The molecule has 2 atom stereocenters. The summed E-state index contributed by atoms with van der Waals surface area (Å²) in [6, 6.07) is -1.34. The highest BCUT2D eigenvalue weighted by Gasteiger charge is 2.40. The molecule has 1 rings (SSSR count). The summed E-state index contributed by atoms with van der Waals surface area (Å²) in [6.45, 7) is 7.57. The Bertz CT molecular complexity index is 528. The van der Waals surface area contributed by atoms with E-state index < -0.39 is 24.1 Å². The van der Waals surface area contributed by atoms with Crippen molar-refractivity contribution in [3.05, 3.63) is 12.7 Å². The van der Waals surface area contributed by atoms with Gasteiger partial charge in [-0.25, -0.2) is 9.59 Å². The van der Waals surface area contributed by atoms with Gasteiger partial charge in [0.15, 0.2) is 0 Å². The molecule has 0 heterocycles. The lowest BCUT2D eigenvalue weighted by atomic mass is 9.95. The van der Waals surface area contributed by atoms with Gasteiger partial charge in [0.25, 0.3) is 0 Å². The van der Waals surface area contributed by atoms with Crippen LogP contribution >= 0.6 is 0 Å². The van der Waals surface area contributed by atoms with Gasteiger partial charge in [-0.15, -0.1) is 0 Å². The lowest BCUT2D eigenvalue weighted by Gasteiger charge is -2.36. The highest BCUT2D eigenvalue weighted by molar-refractivity contribution is 5.89. The maximum Gasteiger partial charge on any atom is 0.410 e. The fourth-order valence-corrected chi connectivity index (χ4v) is 3.66. The van der Waals surface area contributed by atoms with Crippen molar-refractivity contribution in [1.29, 1.82) is 0 Å². The van der Waals surface area contributed by atoms with Crippen molar-refractivity contribution in [1.82, 2.24) is 9.80 Å². The van der Waals surface area contributed by atoms with Gasteiger partial charge in [0.05, 0.1) is 7.11 Å². The largest absolute Gasteiger partial charge is 0.467 e. The molecule has 0 aromatic rings. The second-order valence-electron chi connectivity index (χ2n) is 7.58. The number of rotatable bonds is 9. The molecular formula is C20H34N2O5. The molecule has 0 aromatic heterocycles. The van der Waals surface area contributed by atoms with Gasteiger partial charge in [-0.3, -0.25) is 9.69 Å². The SMILES string of the molecule is C=CCOC(=O)N(C)[C@@H](CC(C)C)C(=O)N(C)[C@@H](C(=O)OC)C1CCCC1. The van der Waals surface area contributed by atoms with Crippen LogP contribution in [0.5, 0.6) is 0 Å². The highest BCUT2D eigenvalue weighted by atomic mass is 16.6. The molecule has 0 N–H and O–H groups in total.